The second kappa shape index (κ2) is 7.53. The molecule has 8 nitrogen and oxygen atoms in total. The number of amides is 2. The van der Waals surface area contributed by atoms with E-state index in [1.54, 1.807) is 6.20 Å². The average Bonchev–Trinajstić information content (AvgIpc) is 3.24. The molecule has 2 aromatic rings. The highest BCUT2D eigenvalue weighted by Gasteiger charge is 2.37. The Morgan fingerprint density at radius 2 is 2.19 bits per heavy atom. The molecule has 1 aliphatic heterocycles. The molecule has 0 radical (unpaired) electrons. The minimum absolute atomic E-state index is 0.00544. The second-order valence-corrected chi connectivity index (χ2v) is 6.16. The number of halogens is 3. The molecule has 11 heteroatoms. The smallest absolute Gasteiger partial charge is 0.389 e. The number of nitrogens with one attached hydrogen (secondary N) is 1. The molecule has 0 unspecified atom stereocenters. The summed E-state index contributed by atoms with van der Waals surface area (Å²) in [5.41, 5.74) is -0.888. The third kappa shape index (κ3) is 4.19. The van der Waals surface area contributed by atoms with Crippen LogP contribution in [0.5, 0.6) is 0 Å². The molecule has 2 atom stereocenters. The van der Waals surface area contributed by atoms with Gasteiger partial charge in [-0.3, -0.25) is 0 Å². The van der Waals surface area contributed by atoms with Crippen molar-refractivity contribution in [2.45, 2.75) is 24.9 Å². The fraction of sp³-hybridized carbons (Fsp3) is 0.438. The largest absolute Gasteiger partial charge is 0.416 e. The highest BCUT2D eigenvalue weighted by atomic mass is 19.4. The van der Waals surface area contributed by atoms with Gasteiger partial charge in [0.15, 0.2) is 0 Å². The fourth-order valence-electron chi connectivity index (χ4n) is 2.99. The zero-order valence-corrected chi connectivity index (χ0v) is 14.3. The maximum absolute atomic E-state index is 13.2. The molecule has 0 saturated carbocycles. The van der Waals surface area contributed by atoms with Crippen LogP contribution in [0.1, 0.15) is 17.2 Å². The molecule has 0 spiro atoms. The van der Waals surface area contributed by atoms with Gasteiger partial charge in [0, 0.05) is 25.5 Å². The van der Waals surface area contributed by atoms with Crippen molar-refractivity contribution in [3.05, 3.63) is 41.7 Å². The summed E-state index contributed by atoms with van der Waals surface area (Å²) in [4.78, 5) is 13.7. The summed E-state index contributed by atoms with van der Waals surface area (Å²) in [6.45, 7) is -0.00450. The number of likely N-dealkylation sites (tertiary alicyclic amines) is 1. The zero-order chi connectivity index (χ0) is 19.6. The number of nitrogens with zero attached hydrogens (tertiary/aromatic N) is 4. The summed E-state index contributed by atoms with van der Waals surface area (Å²) >= 11 is 0. The van der Waals surface area contributed by atoms with E-state index in [9.17, 15) is 23.1 Å². The van der Waals surface area contributed by atoms with Crippen molar-refractivity contribution in [3.8, 4) is 0 Å². The van der Waals surface area contributed by atoms with Crippen LogP contribution in [0.2, 0.25) is 0 Å². The molecule has 146 valence electrons. The van der Waals surface area contributed by atoms with Crippen LogP contribution in [0.15, 0.2) is 30.6 Å². The highest BCUT2D eigenvalue weighted by molar-refractivity contribution is 5.89. The summed E-state index contributed by atoms with van der Waals surface area (Å²) in [5, 5.41) is 20.0. The van der Waals surface area contributed by atoms with E-state index < -0.39 is 29.9 Å². The van der Waals surface area contributed by atoms with Crippen LogP contribution in [0.25, 0.3) is 0 Å². The number of aromatic nitrogens is 3. The number of aliphatic hydroxyl groups is 1. The first-order valence-electron chi connectivity index (χ1n) is 8.08. The Morgan fingerprint density at radius 1 is 1.41 bits per heavy atom. The Kier molecular flexibility index (Phi) is 5.33. The van der Waals surface area contributed by atoms with E-state index in [0.29, 0.717) is 0 Å². The number of rotatable bonds is 4. The molecular formula is C16H18F3N5O3. The third-order valence-electron chi connectivity index (χ3n) is 4.29. The number of anilines is 1. The number of hydrogen-bond acceptors (Lipinski definition) is 5. The van der Waals surface area contributed by atoms with Gasteiger partial charge in [-0.2, -0.15) is 13.2 Å². The van der Waals surface area contributed by atoms with Crippen molar-refractivity contribution in [2.24, 2.45) is 0 Å². The fourth-order valence-corrected chi connectivity index (χ4v) is 2.99. The standard InChI is InChI=1S/C16H18F3N5O3/c1-27-9-10-2-3-11(6-12(10)16(17,18)19)21-15(26)23-7-13(14(25)8-23)24-5-4-20-22-24/h2-6,13-14,25H,7-9H2,1H3,(H,21,26)/t13-,14-/m1/s1. The topological polar surface area (TPSA) is 92.5 Å². The lowest BCUT2D eigenvalue weighted by atomic mass is 10.1. The number of carbonyl (C=O) groups excluding carboxylic acids is 1. The van der Waals surface area contributed by atoms with Gasteiger partial charge in [0.1, 0.15) is 0 Å². The Labute approximate surface area is 152 Å². The lowest BCUT2D eigenvalue weighted by molar-refractivity contribution is -0.138. The van der Waals surface area contributed by atoms with E-state index in [0.717, 1.165) is 6.07 Å². The SMILES string of the molecule is COCc1ccc(NC(=O)N2C[C@@H](O)[C@H](n3ccnn3)C2)cc1C(F)(F)F. The van der Waals surface area contributed by atoms with Gasteiger partial charge in [0.25, 0.3) is 0 Å². The maximum Gasteiger partial charge on any atom is 0.416 e. The molecule has 2 N–H and O–H groups in total. The summed E-state index contributed by atoms with van der Waals surface area (Å²) in [7, 11) is 1.31. The van der Waals surface area contributed by atoms with Gasteiger partial charge < -0.3 is 20.1 Å². The van der Waals surface area contributed by atoms with Gasteiger partial charge in [-0.1, -0.05) is 11.3 Å². The minimum Gasteiger partial charge on any atom is -0.389 e. The predicted octanol–water partition coefficient (Wildman–Crippen LogP) is 1.89. The van der Waals surface area contributed by atoms with E-state index in [-0.39, 0.29) is 30.9 Å². The van der Waals surface area contributed by atoms with Crippen molar-refractivity contribution in [1.29, 1.82) is 0 Å². The van der Waals surface area contributed by atoms with Gasteiger partial charge in [0.05, 0.1) is 37.1 Å². The zero-order valence-electron chi connectivity index (χ0n) is 14.3. The number of methoxy groups -OCH3 is 1. The predicted molar refractivity (Wildman–Crippen MR) is 87.8 cm³/mol. The number of benzene rings is 1. The number of urea groups is 1. The number of β-amino-alcohol motifs (C(OH)–C–C–N with tert-alkyl or cyclic N) is 1. The summed E-state index contributed by atoms with van der Waals surface area (Å²) in [6, 6.07) is 2.44. The lowest BCUT2D eigenvalue weighted by Gasteiger charge is -2.19. The summed E-state index contributed by atoms with van der Waals surface area (Å²) in [5.74, 6) is 0. The van der Waals surface area contributed by atoms with E-state index in [1.165, 1.54) is 35.0 Å². The van der Waals surface area contributed by atoms with Crippen LogP contribution in [-0.2, 0) is 17.5 Å². The van der Waals surface area contributed by atoms with Crippen LogP contribution in [0.4, 0.5) is 23.7 Å². The van der Waals surface area contributed by atoms with E-state index in [4.69, 9.17) is 4.74 Å². The molecule has 1 aromatic heterocycles. The average molecular weight is 385 g/mol. The Hall–Kier alpha value is -2.66. The first kappa shape index (κ1) is 19.1. The van der Waals surface area contributed by atoms with Crippen LogP contribution in [-0.4, -0.2) is 57.3 Å². The molecule has 2 heterocycles. The van der Waals surface area contributed by atoms with Gasteiger partial charge in [0.2, 0.25) is 0 Å². The molecule has 1 aliphatic rings. The van der Waals surface area contributed by atoms with Gasteiger partial charge in [-0.25, -0.2) is 9.48 Å². The van der Waals surface area contributed by atoms with Gasteiger partial charge in [-0.05, 0) is 17.7 Å². The maximum atomic E-state index is 13.2. The van der Waals surface area contributed by atoms with Crippen LogP contribution in [0, 0.1) is 0 Å². The lowest BCUT2D eigenvalue weighted by Crippen LogP contribution is -2.33. The van der Waals surface area contributed by atoms with Crippen LogP contribution < -0.4 is 5.32 Å². The molecule has 2 amide bonds. The van der Waals surface area contributed by atoms with Crippen molar-refractivity contribution >= 4 is 11.7 Å². The Bertz CT molecular complexity index is 797. The van der Waals surface area contributed by atoms with Gasteiger partial charge >= 0.3 is 12.2 Å². The first-order valence-corrected chi connectivity index (χ1v) is 8.08. The van der Waals surface area contributed by atoms with Crippen LogP contribution >= 0.6 is 0 Å². The van der Waals surface area contributed by atoms with Crippen LogP contribution in [0.3, 0.4) is 0 Å². The number of hydrogen-bond donors (Lipinski definition) is 2. The molecule has 1 aromatic carbocycles. The second-order valence-electron chi connectivity index (χ2n) is 6.16. The van der Waals surface area contributed by atoms with Crippen molar-refractivity contribution in [1.82, 2.24) is 19.9 Å². The van der Waals surface area contributed by atoms with Gasteiger partial charge in [-0.15, -0.1) is 5.10 Å². The quantitative estimate of drug-likeness (QED) is 0.839. The first-order chi connectivity index (χ1) is 12.8. The summed E-state index contributed by atoms with van der Waals surface area (Å²) in [6.07, 6.45) is -2.40. The molecule has 0 bridgehead atoms. The molecule has 3 rings (SSSR count). The third-order valence-corrected chi connectivity index (χ3v) is 4.29. The van der Waals surface area contributed by atoms with E-state index in [1.807, 2.05) is 0 Å². The molecule has 1 saturated heterocycles. The van der Waals surface area contributed by atoms with Crippen molar-refractivity contribution in [3.63, 3.8) is 0 Å². The normalized spacial score (nSPS) is 20.1. The number of aliphatic hydroxyl groups excluding tert-OH is 1. The Morgan fingerprint density at radius 3 is 2.81 bits per heavy atom. The van der Waals surface area contributed by atoms with E-state index in [2.05, 4.69) is 15.6 Å². The number of carbonyl (C=O) groups is 1. The molecule has 0 aliphatic carbocycles. The van der Waals surface area contributed by atoms with Crippen molar-refractivity contribution < 1.29 is 27.8 Å². The molecule has 1 fully saturated rings. The highest BCUT2D eigenvalue weighted by Crippen LogP contribution is 2.34. The summed E-state index contributed by atoms with van der Waals surface area (Å²) < 4.78 is 45.9. The minimum atomic E-state index is -4.57. The molecule has 27 heavy (non-hydrogen) atoms. The monoisotopic (exact) mass is 385 g/mol. The van der Waals surface area contributed by atoms with E-state index >= 15 is 0 Å². The Balaban J connectivity index is 1.73. The van der Waals surface area contributed by atoms with Crippen molar-refractivity contribution in [2.75, 3.05) is 25.5 Å². The molecular weight excluding hydrogens is 367 g/mol. The number of ether oxygens (including phenoxy) is 1. The number of alkyl halides is 3.